The van der Waals surface area contributed by atoms with Gasteiger partial charge in [0.2, 0.25) is 0 Å². The monoisotopic (exact) mass is 423 g/mol. The van der Waals surface area contributed by atoms with Crippen LogP contribution in [-0.2, 0) is 10.0 Å². The number of rotatable bonds is 4. The summed E-state index contributed by atoms with van der Waals surface area (Å²) >= 11 is 0. The van der Waals surface area contributed by atoms with Gasteiger partial charge in [0.25, 0.3) is 10.0 Å². The molecule has 0 aliphatic carbocycles. The first-order chi connectivity index (χ1) is 14.4. The van der Waals surface area contributed by atoms with Gasteiger partial charge in [-0.15, -0.1) is 0 Å². The maximum atomic E-state index is 13.5. The molecule has 0 saturated carbocycles. The maximum Gasteiger partial charge on any atom is 0.264 e. The van der Waals surface area contributed by atoms with Crippen LogP contribution in [0, 0.1) is 29.6 Å². The first-order valence-electron chi connectivity index (χ1n) is 9.26. The molecule has 2 aromatic rings. The van der Waals surface area contributed by atoms with E-state index >= 15 is 0 Å². The lowest BCUT2D eigenvalue weighted by Gasteiger charge is -2.26. The second kappa shape index (κ2) is 8.48. The first-order valence-corrected chi connectivity index (χ1v) is 10.7. The number of methoxy groups -OCH3 is 2. The number of anilines is 1. The third-order valence-corrected chi connectivity index (χ3v) is 6.85. The number of sulfonamides is 1. The lowest BCUT2D eigenvalue weighted by atomic mass is 9.96. The van der Waals surface area contributed by atoms with Gasteiger partial charge < -0.3 is 9.47 Å². The number of ether oxygens (including phenoxy) is 2. The van der Waals surface area contributed by atoms with Gasteiger partial charge in [-0.25, -0.2) is 8.42 Å². The molecular formula is C22H21N3O4S. The molecule has 0 amide bonds. The predicted octanol–water partition coefficient (Wildman–Crippen LogP) is 3.80. The summed E-state index contributed by atoms with van der Waals surface area (Å²) in [5, 5.41) is 18.9. The second-order valence-electron chi connectivity index (χ2n) is 6.80. The molecule has 0 unspecified atom stereocenters. The van der Waals surface area contributed by atoms with E-state index in [9.17, 15) is 18.9 Å². The Bertz CT molecular complexity index is 1170. The molecule has 8 heteroatoms. The summed E-state index contributed by atoms with van der Waals surface area (Å²) in [6.45, 7) is 2.09. The molecule has 0 N–H and O–H groups in total. The van der Waals surface area contributed by atoms with E-state index in [4.69, 9.17) is 9.47 Å². The van der Waals surface area contributed by atoms with Crippen LogP contribution in [0.5, 0.6) is 11.5 Å². The number of allylic oxidation sites excluding steroid dienone is 2. The third-order valence-electron chi connectivity index (χ3n) is 5.02. The predicted molar refractivity (Wildman–Crippen MR) is 113 cm³/mol. The van der Waals surface area contributed by atoms with E-state index in [1.165, 1.54) is 18.5 Å². The zero-order valence-electron chi connectivity index (χ0n) is 17.0. The van der Waals surface area contributed by atoms with Crippen molar-refractivity contribution in [2.75, 3.05) is 25.1 Å². The number of hydrogen-bond donors (Lipinski definition) is 0. The average Bonchev–Trinajstić information content (AvgIpc) is 2.94. The minimum absolute atomic E-state index is 0.0435. The van der Waals surface area contributed by atoms with E-state index in [0.29, 0.717) is 41.2 Å². The highest BCUT2D eigenvalue weighted by atomic mass is 32.2. The van der Waals surface area contributed by atoms with Crippen molar-refractivity contribution in [3.8, 4) is 23.6 Å². The lowest BCUT2D eigenvalue weighted by Crippen LogP contribution is -2.32. The van der Waals surface area contributed by atoms with Crippen molar-refractivity contribution in [2.24, 2.45) is 0 Å². The van der Waals surface area contributed by atoms with Crippen LogP contribution in [0.1, 0.15) is 24.0 Å². The molecule has 1 aliphatic rings. The maximum absolute atomic E-state index is 13.5. The summed E-state index contributed by atoms with van der Waals surface area (Å²) in [6.07, 6.45) is 0.839. The topological polar surface area (TPSA) is 103 Å². The van der Waals surface area contributed by atoms with E-state index in [0.717, 1.165) is 5.56 Å². The van der Waals surface area contributed by atoms with Crippen LogP contribution in [-0.4, -0.2) is 29.2 Å². The molecular weight excluding hydrogens is 402 g/mol. The van der Waals surface area contributed by atoms with Crippen molar-refractivity contribution in [1.29, 1.82) is 10.5 Å². The fourth-order valence-corrected chi connectivity index (χ4v) is 4.99. The van der Waals surface area contributed by atoms with Crippen molar-refractivity contribution >= 4 is 21.3 Å². The molecule has 1 aliphatic heterocycles. The molecule has 7 nitrogen and oxygen atoms in total. The molecule has 3 rings (SSSR count). The van der Waals surface area contributed by atoms with Gasteiger partial charge in [0, 0.05) is 18.2 Å². The quantitative estimate of drug-likeness (QED) is 0.693. The molecule has 0 aromatic heterocycles. The average molecular weight is 423 g/mol. The van der Waals surface area contributed by atoms with Gasteiger partial charge in [-0.05, 0) is 43.5 Å². The molecule has 0 radical (unpaired) electrons. The molecule has 0 saturated heterocycles. The van der Waals surface area contributed by atoms with Crippen molar-refractivity contribution < 1.29 is 17.9 Å². The van der Waals surface area contributed by atoms with Crippen LogP contribution in [0.15, 0.2) is 46.9 Å². The van der Waals surface area contributed by atoms with Crippen LogP contribution < -0.4 is 13.8 Å². The van der Waals surface area contributed by atoms with Crippen molar-refractivity contribution in [2.45, 2.75) is 24.7 Å². The van der Waals surface area contributed by atoms with Gasteiger partial charge in [0.15, 0.2) is 11.5 Å². The number of fused-ring (bicyclic) bond motifs is 1. The number of hydrogen-bond acceptors (Lipinski definition) is 6. The smallest absolute Gasteiger partial charge is 0.264 e. The van der Waals surface area contributed by atoms with Crippen LogP contribution in [0.25, 0.3) is 5.57 Å². The first kappa shape index (κ1) is 21.2. The fraction of sp³-hybridized carbons (Fsp3) is 0.273. The Kier molecular flexibility index (Phi) is 6.00. The fourth-order valence-electron chi connectivity index (χ4n) is 3.48. The van der Waals surface area contributed by atoms with Gasteiger partial charge in [-0.3, -0.25) is 4.31 Å². The summed E-state index contributed by atoms with van der Waals surface area (Å²) < 4.78 is 39.1. The van der Waals surface area contributed by atoms with E-state index in [-0.39, 0.29) is 17.0 Å². The van der Waals surface area contributed by atoms with Crippen LogP contribution >= 0.6 is 0 Å². The number of benzene rings is 2. The summed E-state index contributed by atoms with van der Waals surface area (Å²) in [4.78, 5) is 0.169. The highest BCUT2D eigenvalue weighted by molar-refractivity contribution is 7.92. The molecule has 154 valence electrons. The highest BCUT2D eigenvalue weighted by Gasteiger charge is 2.32. The minimum Gasteiger partial charge on any atom is -0.493 e. The van der Waals surface area contributed by atoms with Gasteiger partial charge >= 0.3 is 0 Å². The van der Waals surface area contributed by atoms with Crippen molar-refractivity contribution in [1.82, 2.24) is 0 Å². The Hall–Kier alpha value is -3.49. The van der Waals surface area contributed by atoms with Crippen molar-refractivity contribution in [3.63, 3.8) is 0 Å². The summed E-state index contributed by atoms with van der Waals surface area (Å²) in [5.74, 6) is 0.746. The number of nitrogens with zero attached hydrogens (tertiary/aromatic N) is 3. The Morgan fingerprint density at radius 2 is 1.63 bits per heavy atom. The summed E-state index contributed by atoms with van der Waals surface area (Å²) in [7, 11) is -0.936. The molecule has 0 fully saturated rings. The normalized spacial score (nSPS) is 13.5. The van der Waals surface area contributed by atoms with E-state index < -0.39 is 10.0 Å². The second-order valence-corrected chi connectivity index (χ2v) is 8.66. The van der Waals surface area contributed by atoms with Gasteiger partial charge in [0.1, 0.15) is 17.7 Å². The van der Waals surface area contributed by atoms with Gasteiger partial charge in [-0.2, -0.15) is 10.5 Å². The zero-order valence-corrected chi connectivity index (χ0v) is 17.8. The molecule has 0 spiro atoms. The van der Waals surface area contributed by atoms with Crippen LogP contribution in [0.4, 0.5) is 5.69 Å². The summed E-state index contributed by atoms with van der Waals surface area (Å²) in [6, 6.07) is 13.7. The van der Waals surface area contributed by atoms with E-state index in [1.807, 2.05) is 19.1 Å². The van der Waals surface area contributed by atoms with Crippen molar-refractivity contribution in [3.05, 3.63) is 53.1 Å². The highest BCUT2D eigenvalue weighted by Crippen LogP contribution is 2.44. The largest absolute Gasteiger partial charge is 0.493 e. The molecule has 0 bridgehead atoms. The summed E-state index contributed by atoms with van der Waals surface area (Å²) in [5.41, 5.74) is 2.23. The van der Waals surface area contributed by atoms with E-state index in [1.54, 1.807) is 36.4 Å². The lowest BCUT2D eigenvalue weighted by molar-refractivity contribution is 0.355. The standard InChI is InChI=1S/C22H21N3O4S/c1-15-6-8-17(9-7-15)30(26,27)25-10-4-5-18(16(13-23)14-24)19-11-21(28-2)22(29-3)12-20(19)25/h6-9,11-12H,4-5,10H2,1-3H3. The Morgan fingerprint density at radius 1 is 1.03 bits per heavy atom. The molecule has 0 atom stereocenters. The number of aryl methyl sites for hydroxylation is 1. The molecule has 1 heterocycles. The Balaban J connectivity index is 2.31. The Morgan fingerprint density at radius 3 is 2.20 bits per heavy atom. The Labute approximate surface area is 176 Å². The van der Waals surface area contributed by atoms with Crippen LogP contribution in [0.2, 0.25) is 0 Å². The molecule has 30 heavy (non-hydrogen) atoms. The van der Waals surface area contributed by atoms with Gasteiger partial charge in [0.05, 0.1) is 24.8 Å². The third kappa shape index (κ3) is 3.70. The SMILES string of the molecule is COc1cc2c(cc1OC)N(S(=O)(=O)c1ccc(C)cc1)CCCC2=C(C#N)C#N. The van der Waals surface area contributed by atoms with Crippen LogP contribution in [0.3, 0.4) is 0 Å². The van der Waals surface area contributed by atoms with E-state index in [2.05, 4.69) is 0 Å². The zero-order chi connectivity index (χ0) is 21.9. The number of nitriles is 2. The van der Waals surface area contributed by atoms with Gasteiger partial charge in [-0.1, -0.05) is 17.7 Å². The molecule has 2 aromatic carbocycles. The minimum atomic E-state index is -3.87.